The Hall–Kier alpha value is -3.52. The van der Waals surface area contributed by atoms with Gasteiger partial charge in [0, 0.05) is 0 Å². The first-order valence-corrected chi connectivity index (χ1v) is 12.4. The maximum atomic E-state index is 13.5. The molecule has 0 spiro atoms. The van der Waals surface area contributed by atoms with Gasteiger partial charge in [0.1, 0.15) is 18.0 Å². The van der Waals surface area contributed by atoms with Crippen molar-refractivity contribution in [3.05, 3.63) is 83.9 Å². The van der Waals surface area contributed by atoms with E-state index in [0.717, 1.165) is 21.2 Å². The molecule has 1 N–H and O–H groups in total. The largest absolute Gasteiger partial charge is 0.497 e. The zero-order valence-corrected chi connectivity index (χ0v) is 20.6. The molecule has 0 heterocycles. The number of hydrogen-bond acceptors (Lipinski definition) is 5. The first kappa shape index (κ1) is 25.1. The lowest BCUT2D eigenvalue weighted by molar-refractivity contribution is -0.120. The van der Waals surface area contributed by atoms with Crippen molar-refractivity contribution in [1.29, 1.82) is 0 Å². The van der Waals surface area contributed by atoms with Gasteiger partial charge in [0.2, 0.25) is 5.91 Å². The van der Waals surface area contributed by atoms with E-state index in [1.807, 2.05) is 57.2 Å². The van der Waals surface area contributed by atoms with E-state index < -0.39 is 15.9 Å². The highest BCUT2D eigenvalue weighted by Crippen LogP contribution is 2.26. The van der Waals surface area contributed by atoms with Crippen LogP contribution < -0.4 is 19.1 Å². The first-order valence-electron chi connectivity index (χ1n) is 11.0. The fourth-order valence-corrected chi connectivity index (χ4v) is 4.84. The summed E-state index contributed by atoms with van der Waals surface area (Å²) < 4.78 is 38.7. The van der Waals surface area contributed by atoms with Gasteiger partial charge in [-0.1, -0.05) is 29.8 Å². The van der Waals surface area contributed by atoms with Crippen LogP contribution >= 0.6 is 0 Å². The summed E-state index contributed by atoms with van der Waals surface area (Å²) >= 11 is 0. The number of carbonyl (C=O) groups excluding carboxylic acids is 1. The maximum Gasteiger partial charge on any atom is 0.264 e. The number of benzene rings is 3. The number of amides is 1. The van der Waals surface area contributed by atoms with Crippen molar-refractivity contribution in [2.45, 2.75) is 31.7 Å². The Kier molecular flexibility index (Phi) is 8.17. The lowest BCUT2D eigenvalue weighted by Gasteiger charge is -2.25. The molecule has 0 fully saturated rings. The molecule has 1 amide bonds. The molecule has 0 aliphatic rings. The van der Waals surface area contributed by atoms with Crippen molar-refractivity contribution in [3.8, 4) is 11.5 Å². The zero-order valence-electron chi connectivity index (χ0n) is 19.8. The van der Waals surface area contributed by atoms with Crippen molar-refractivity contribution < 1.29 is 22.7 Å². The topological polar surface area (TPSA) is 84.9 Å². The molecule has 7 nitrogen and oxygen atoms in total. The molecule has 3 rings (SSSR count). The number of ether oxygens (including phenoxy) is 2. The third kappa shape index (κ3) is 6.08. The highest BCUT2D eigenvalue weighted by molar-refractivity contribution is 7.92. The minimum Gasteiger partial charge on any atom is -0.497 e. The van der Waals surface area contributed by atoms with Crippen molar-refractivity contribution in [1.82, 2.24) is 5.32 Å². The number of aryl methyl sites for hydroxylation is 1. The van der Waals surface area contributed by atoms with Gasteiger partial charge in [0.05, 0.1) is 30.3 Å². The quantitative estimate of drug-likeness (QED) is 0.461. The van der Waals surface area contributed by atoms with Crippen molar-refractivity contribution in [3.63, 3.8) is 0 Å². The minimum atomic E-state index is -4.00. The number of nitrogens with one attached hydrogen (secondary N) is 1. The van der Waals surface area contributed by atoms with Crippen LogP contribution in [0.4, 0.5) is 5.69 Å². The Bertz CT molecular complexity index is 1190. The second-order valence-corrected chi connectivity index (χ2v) is 9.68. The van der Waals surface area contributed by atoms with Crippen LogP contribution in [0.5, 0.6) is 11.5 Å². The van der Waals surface area contributed by atoms with E-state index >= 15 is 0 Å². The molecular formula is C26H30N2O5S. The predicted molar refractivity (Wildman–Crippen MR) is 133 cm³/mol. The second-order valence-electron chi connectivity index (χ2n) is 7.81. The molecular weight excluding hydrogens is 452 g/mol. The SMILES string of the molecule is CCOc1ccc(C(C)NC(=O)CN(c2ccc(C)cc2)S(=O)(=O)c2ccc(OC)cc2)cc1. The second kappa shape index (κ2) is 11.1. The van der Waals surface area contributed by atoms with Crippen molar-refractivity contribution in [2.75, 3.05) is 24.6 Å². The van der Waals surface area contributed by atoms with Crippen LogP contribution in [-0.2, 0) is 14.8 Å². The summed E-state index contributed by atoms with van der Waals surface area (Å²) in [6.07, 6.45) is 0. The van der Waals surface area contributed by atoms with Gasteiger partial charge in [-0.05, 0) is 74.9 Å². The normalized spacial score (nSPS) is 12.0. The standard InChI is InChI=1S/C26H30N2O5S/c1-5-33-24-12-8-21(9-13-24)20(3)27-26(29)18-28(22-10-6-19(2)7-11-22)34(30,31)25-16-14-23(32-4)15-17-25/h6-17,20H,5,18H2,1-4H3,(H,27,29). The number of hydrogen-bond donors (Lipinski definition) is 1. The molecule has 3 aromatic carbocycles. The van der Waals surface area contributed by atoms with Crippen molar-refractivity contribution in [2.24, 2.45) is 0 Å². The summed E-state index contributed by atoms with van der Waals surface area (Å²) in [6.45, 7) is 5.89. The van der Waals surface area contributed by atoms with E-state index in [-0.39, 0.29) is 17.5 Å². The Balaban J connectivity index is 1.83. The summed E-state index contributed by atoms with van der Waals surface area (Å²) in [5, 5.41) is 2.90. The van der Waals surface area contributed by atoms with Crippen LogP contribution in [-0.4, -0.2) is 34.6 Å². The Morgan fingerprint density at radius 2 is 1.53 bits per heavy atom. The molecule has 0 radical (unpaired) electrons. The van der Waals surface area contributed by atoms with Crippen LogP contribution in [0, 0.1) is 6.92 Å². The van der Waals surface area contributed by atoms with Gasteiger partial charge in [-0.25, -0.2) is 8.42 Å². The molecule has 34 heavy (non-hydrogen) atoms. The maximum absolute atomic E-state index is 13.5. The number of rotatable bonds is 10. The third-order valence-corrected chi connectivity index (χ3v) is 7.11. The molecule has 180 valence electrons. The van der Waals surface area contributed by atoms with Gasteiger partial charge in [-0.15, -0.1) is 0 Å². The summed E-state index contributed by atoms with van der Waals surface area (Å²) in [7, 11) is -2.49. The molecule has 1 atom stereocenters. The van der Waals surface area contributed by atoms with E-state index in [2.05, 4.69) is 5.32 Å². The monoisotopic (exact) mass is 482 g/mol. The average molecular weight is 483 g/mol. The van der Waals surface area contributed by atoms with Crippen molar-refractivity contribution >= 4 is 21.6 Å². The molecule has 3 aromatic rings. The Morgan fingerprint density at radius 3 is 2.09 bits per heavy atom. The number of methoxy groups -OCH3 is 1. The number of sulfonamides is 1. The van der Waals surface area contributed by atoms with Crippen LogP contribution in [0.25, 0.3) is 0 Å². The van der Waals surface area contributed by atoms with Gasteiger partial charge in [0.15, 0.2) is 0 Å². The lowest BCUT2D eigenvalue weighted by atomic mass is 10.1. The summed E-state index contributed by atoms with van der Waals surface area (Å²) in [5.74, 6) is 0.878. The van der Waals surface area contributed by atoms with Crippen LogP contribution in [0.15, 0.2) is 77.7 Å². The van der Waals surface area contributed by atoms with E-state index in [1.54, 1.807) is 24.3 Å². The molecule has 0 aliphatic heterocycles. The molecule has 0 aromatic heterocycles. The summed E-state index contributed by atoms with van der Waals surface area (Å²) in [4.78, 5) is 13.0. The number of carbonyl (C=O) groups is 1. The van der Waals surface area contributed by atoms with E-state index in [0.29, 0.717) is 18.0 Å². The van der Waals surface area contributed by atoms with Crippen LogP contribution in [0.2, 0.25) is 0 Å². The molecule has 0 saturated heterocycles. The Labute approximate surface area is 201 Å². The van der Waals surface area contributed by atoms with Gasteiger partial charge in [-0.3, -0.25) is 9.10 Å². The molecule has 0 saturated carbocycles. The smallest absolute Gasteiger partial charge is 0.264 e. The van der Waals surface area contributed by atoms with Crippen LogP contribution in [0.3, 0.4) is 0 Å². The van der Waals surface area contributed by atoms with Gasteiger partial charge < -0.3 is 14.8 Å². The predicted octanol–water partition coefficient (Wildman–Crippen LogP) is 4.48. The van der Waals surface area contributed by atoms with E-state index in [4.69, 9.17) is 9.47 Å². The molecule has 8 heteroatoms. The summed E-state index contributed by atoms with van der Waals surface area (Å²) in [5.41, 5.74) is 2.28. The number of nitrogens with zero attached hydrogens (tertiary/aromatic N) is 1. The minimum absolute atomic E-state index is 0.0706. The fraction of sp³-hybridized carbons (Fsp3) is 0.269. The van der Waals surface area contributed by atoms with E-state index in [1.165, 1.54) is 19.2 Å². The zero-order chi connectivity index (χ0) is 24.7. The first-order chi connectivity index (χ1) is 16.2. The van der Waals surface area contributed by atoms with Gasteiger partial charge in [0.25, 0.3) is 10.0 Å². The highest BCUT2D eigenvalue weighted by Gasteiger charge is 2.27. The molecule has 0 aliphatic carbocycles. The number of anilines is 1. The molecule has 0 bridgehead atoms. The lowest BCUT2D eigenvalue weighted by Crippen LogP contribution is -2.41. The highest BCUT2D eigenvalue weighted by atomic mass is 32.2. The average Bonchev–Trinajstić information content (AvgIpc) is 2.84. The third-order valence-electron chi connectivity index (χ3n) is 5.33. The van der Waals surface area contributed by atoms with E-state index in [9.17, 15) is 13.2 Å². The molecule has 1 unspecified atom stereocenters. The summed E-state index contributed by atoms with van der Waals surface area (Å²) in [6, 6.07) is 20.2. The van der Waals surface area contributed by atoms with Crippen LogP contribution in [0.1, 0.15) is 31.0 Å². The van der Waals surface area contributed by atoms with Gasteiger partial charge in [-0.2, -0.15) is 0 Å². The van der Waals surface area contributed by atoms with Gasteiger partial charge >= 0.3 is 0 Å². The Morgan fingerprint density at radius 1 is 0.941 bits per heavy atom. The fourth-order valence-electron chi connectivity index (χ4n) is 3.42.